The Bertz CT molecular complexity index is 507. The quantitative estimate of drug-likeness (QED) is 0.856. The van der Waals surface area contributed by atoms with E-state index in [0.717, 1.165) is 0 Å². The van der Waals surface area contributed by atoms with Gasteiger partial charge in [-0.15, -0.1) is 0 Å². The summed E-state index contributed by atoms with van der Waals surface area (Å²) in [5.74, 6) is -0.964. The number of benzene rings is 1. The van der Waals surface area contributed by atoms with E-state index in [1.807, 2.05) is 0 Å². The van der Waals surface area contributed by atoms with Gasteiger partial charge in [-0.05, 0) is 12.1 Å². The number of carbonyl (C=O) groups is 1. The van der Waals surface area contributed by atoms with Gasteiger partial charge in [-0.1, -0.05) is 17.7 Å². The number of nitrogens with zero attached hydrogens (tertiary/aromatic N) is 1. The number of rotatable bonds is 3. The van der Waals surface area contributed by atoms with Gasteiger partial charge in [0.15, 0.2) is 0 Å². The molecule has 0 aromatic heterocycles. The van der Waals surface area contributed by atoms with E-state index in [9.17, 15) is 19.4 Å². The van der Waals surface area contributed by atoms with Crippen LogP contribution >= 0.6 is 11.6 Å². The van der Waals surface area contributed by atoms with Gasteiger partial charge in [0.1, 0.15) is 18.0 Å². The molecule has 0 radical (unpaired) electrons. The SMILES string of the molecule is CN(C(=O)Cc1c(F)cccc1Cl)[C@@H]1COC[C@@H](O)[C@H]1O. The highest BCUT2D eigenvalue weighted by atomic mass is 35.5. The van der Waals surface area contributed by atoms with Crippen molar-refractivity contribution in [1.29, 1.82) is 0 Å². The largest absolute Gasteiger partial charge is 0.388 e. The van der Waals surface area contributed by atoms with E-state index in [0.29, 0.717) is 0 Å². The Balaban J connectivity index is 2.09. The van der Waals surface area contributed by atoms with Crippen LogP contribution in [0.25, 0.3) is 0 Å². The van der Waals surface area contributed by atoms with E-state index in [2.05, 4.69) is 0 Å². The number of ether oxygens (including phenoxy) is 1. The molecule has 3 atom stereocenters. The third kappa shape index (κ3) is 3.52. The predicted molar refractivity (Wildman–Crippen MR) is 74.5 cm³/mol. The number of carbonyl (C=O) groups excluding carboxylic acids is 1. The number of likely N-dealkylation sites (N-methyl/N-ethyl adjacent to an activating group) is 1. The fourth-order valence-corrected chi connectivity index (χ4v) is 2.50. The van der Waals surface area contributed by atoms with Crippen molar-refractivity contribution in [3.05, 3.63) is 34.6 Å². The predicted octanol–water partition coefficient (Wildman–Crippen LogP) is 0.601. The van der Waals surface area contributed by atoms with Gasteiger partial charge < -0.3 is 19.8 Å². The minimum Gasteiger partial charge on any atom is -0.388 e. The van der Waals surface area contributed by atoms with Gasteiger partial charge in [0.25, 0.3) is 0 Å². The minimum atomic E-state index is -1.09. The highest BCUT2D eigenvalue weighted by Gasteiger charge is 2.36. The van der Waals surface area contributed by atoms with Crippen LogP contribution in [0.4, 0.5) is 4.39 Å². The Morgan fingerprint density at radius 1 is 1.48 bits per heavy atom. The first kappa shape index (κ1) is 16.2. The van der Waals surface area contributed by atoms with E-state index in [1.165, 1.54) is 30.1 Å². The molecular formula is C14H17ClFNO4. The average Bonchev–Trinajstić information content (AvgIpc) is 2.45. The molecule has 1 aliphatic heterocycles. The Kier molecular flexibility index (Phi) is 5.16. The molecule has 2 rings (SSSR count). The summed E-state index contributed by atoms with van der Waals surface area (Å²) in [6, 6.07) is 3.53. The molecule has 1 saturated heterocycles. The average molecular weight is 318 g/mol. The fourth-order valence-electron chi connectivity index (χ4n) is 2.27. The lowest BCUT2D eigenvalue weighted by molar-refractivity contribution is -0.152. The molecule has 1 fully saturated rings. The summed E-state index contributed by atoms with van der Waals surface area (Å²) < 4.78 is 18.8. The van der Waals surface area contributed by atoms with E-state index in [1.54, 1.807) is 0 Å². The summed E-state index contributed by atoms with van der Waals surface area (Å²) in [5, 5.41) is 19.6. The third-order valence-corrected chi connectivity index (χ3v) is 4.00. The molecule has 1 heterocycles. The van der Waals surface area contributed by atoms with Gasteiger partial charge in [0, 0.05) is 17.6 Å². The Hall–Kier alpha value is -1.21. The number of hydrogen-bond acceptors (Lipinski definition) is 4. The maximum absolute atomic E-state index is 13.7. The van der Waals surface area contributed by atoms with Gasteiger partial charge in [-0.2, -0.15) is 0 Å². The molecule has 2 N–H and O–H groups in total. The molecule has 116 valence electrons. The highest BCUT2D eigenvalue weighted by Crippen LogP contribution is 2.21. The number of hydrogen-bond donors (Lipinski definition) is 2. The van der Waals surface area contributed by atoms with Crippen molar-refractivity contribution in [1.82, 2.24) is 4.90 Å². The Morgan fingerprint density at radius 2 is 2.19 bits per heavy atom. The van der Waals surface area contributed by atoms with Gasteiger partial charge >= 0.3 is 0 Å². The molecule has 0 aliphatic carbocycles. The van der Waals surface area contributed by atoms with Gasteiger partial charge in [0.2, 0.25) is 5.91 Å². The van der Waals surface area contributed by atoms with Crippen molar-refractivity contribution in [2.75, 3.05) is 20.3 Å². The van der Waals surface area contributed by atoms with Crippen LogP contribution in [0.2, 0.25) is 5.02 Å². The lowest BCUT2D eigenvalue weighted by Gasteiger charge is -2.37. The van der Waals surface area contributed by atoms with Crippen LogP contribution in [0.15, 0.2) is 18.2 Å². The number of aliphatic hydroxyl groups excluding tert-OH is 2. The Morgan fingerprint density at radius 3 is 2.86 bits per heavy atom. The van der Waals surface area contributed by atoms with Crippen molar-refractivity contribution in [2.24, 2.45) is 0 Å². The minimum absolute atomic E-state index is 0.0266. The lowest BCUT2D eigenvalue weighted by Crippen LogP contribution is -2.56. The molecule has 1 aromatic carbocycles. The van der Waals surface area contributed by atoms with Crippen molar-refractivity contribution in [2.45, 2.75) is 24.7 Å². The van der Waals surface area contributed by atoms with Crippen LogP contribution in [-0.2, 0) is 16.0 Å². The summed E-state index contributed by atoms with van der Waals surface area (Å²) in [5.41, 5.74) is 0.114. The third-order valence-electron chi connectivity index (χ3n) is 3.65. The zero-order valence-electron chi connectivity index (χ0n) is 11.5. The molecule has 0 spiro atoms. The van der Waals surface area contributed by atoms with Crippen LogP contribution < -0.4 is 0 Å². The zero-order valence-corrected chi connectivity index (χ0v) is 12.3. The number of aliphatic hydroxyl groups is 2. The highest BCUT2D eigenvalue weighted by molar-refractivity contribution is 6.31. The summed E-state index contributed by atoms with van der Waals surface area (Å²) in [4.78, 5) is 13.5. The molecule has 1 amide bonds. The number of amides is 1. The standard InChI is InChI=1S/C14H17ClFNO4/c1-17(11-6-21-7-12(18)14(11)20)13(19)5-8-9(15)3-2-4-10(8)16/h2-4,11-12,14,18,20H,5-7H2,1H3/t11-,12-,14+/m1/s1. The second kappa shape index (κ2) is 6.70. The topological polar surface area (TPSA) is 70.0 Å². The summed E-state index contributed by atoms with van der Waals surface area (Å²) in [7, 11) is 1.48. The summed E-state index contributed by atoms with van der Waals surface area (Å²) >= 11 is 5.89. The maximum Gasteiger partial charge on any atom is 0.227 e. The van der Waals surface area contributed by atoms with Crippen molar-refractivity contribution < 1.29 is 24.1 Å². The van der Waals surface area contributed by atoms with E-state index in [4.69, 9.17) is 16.3 Å². The van der Waals surface area contributed by atoms with Gasteiger partial charge in [-0.25, -0.2) is 4.39 Å². The number of halogens is 2. The Labute approximate surface area is 126 Å². The molecular weight excluding hydrogens is 301 g/mol. The summed E-state index contributed by atoms with van der Waals surface area (Å²) in [6.07, 6.45) is -2.36. The lowest BCUT2D eigenvalue weighted by atomic mass is 10.0. The van der Waals surface area contributed by atoms with Crippen LogP contribution in [0, 0.1) is 5.82 Å². The second-order valence-corrected chi connectivity index (χ2v) is 5.45. The van der Waals surface area contributed by atoms with E-state index in [-0.39, 0.29) is 30.2 Å². The van der Waals surface area contributed by atoms with Crippen LogP contribution in [0.1, 0.15) is 5.56 Å². The molecule has 0 bridgehead atoms. The molecule has 1 aliphatic rings. The maximum atomic E-state index is 13.7. The van der Waals surface area contributed by atoms with Crippen LogP contribution in [-0.4, -0.2) is 59.5 Å². The molecule has 0 saturated carbocycles. The van der Waals surface area contributed by atoms with E-state index < -0.39 is 30.0 Å². The van der Waals surface area contributed by atoms with Crippen LogP contribution in [0.5, 0.6) is 0 Å². The van der Waals surface area contributed by atoms with Crippen molar-refractivity contribution in [3.63, 3.8) is 0 Å². The van der Waals surface area contributed by atoms with Crippen molar-refractivity contribution >= 4 is 17.5 Å². The molecule has 5 nitrogen and oxygen atoms in total. The summed E-state index contributed by atoms with van der Waals surface area (Å²) in [6.45, 7) is 0.143. The molecule has 7 heteroatoms. The molecule has 21 heavy (non-hydrogen) atoms. The normalized spacial score (nSPS) is 25.7. The van der Waals surface area contributed by atoms with Crippen molar-refractivity contribution in [3.8, 4) is 0 Å². The van der Waals surface area contributed by atoms with E-state index >= 15 is 0 Å². The molecule has 0 unspecified atom stereocenters. The monoisotopic (exact) mass is 317 g/mol. The zero-order chi connectivity index (χ0) is 15.6. The van der Waals surface area contributed by atoms with Crippen LogP contribution in [0.3, 0.4) is 0 Å². The first-order valence-corrected chi connectivity index (χ1v) is 6.92. The van der Waals surface area contributed by atoms with Gasteiger partial charge in [-0.3, -0.25) is 4.79 Å². The second-order valence-electron chi connectivity index (χ2n) is 5.04. The van der Waals surface area contributed by atoms with Gasteiger partial charge in [0.05, 0.1) is 25.7 Å². The molecule has 1 aromatic rings. The first-order chi connectivity index (χ1) is 9.91. The fraction of sp³-hybridized carbons (Fsp3) is 0.500. The smallest absolute Gasteiger partial charge is 0.227 e. The first-order valence-electron chi connectivity index (χ1n) is 6.54.